The minimum absolute atomic E-state index is 0.403. The Bertz CT molecular complexity index is 985. The summed E-state index contributed by atoms with van der Waals surface area (Å²) in [7, 11) is 0. The third kappa shape index (κ3) is 2.50. The van der Waals surface area contributed by atoms with Crippen molar-refractivity contribution < 1.29 is 9.90 Å². The molecule has 0 aliphatic rings. The summed E-state index contributed by atoms with van der Waals surface area (Å²) in [6.07, 6.45) is 0. The zero-order valence-electron chi connectivity index (χ0n) is 13.1. The van der Waals surface area contributed by atoms with E-state index in [1.54, 1.807) is 18.5 Å². The number of carboxylic acids is 1. The van der Waals surface area contributed by atoms with Crippen molar-refractivity contribution in [1.82, 2.24) is 19.6 Å². The molecule has 0 amide bonds. The lowest BCUT2D eigenvalue weighted by Crippen LogP contribution is -2.27. The summed E-state index contributed by atoms with van der Waals surface area (Å²) < 4.78 is 2.66. The molecule has 0 bridgehead atoms. The zero-order valence-corrected chi connectivity index (χ0v) is 13.1. The summed E-state index contributed by atoms with van der Waals surface area (Å²) in [6, 6.07) is 7.78. The Morgan fingerprint density at radius 3 is 2.61 bits per heavy atom. The normalized spacial score (nSPS) is 11.1. The third-order valence-electron chi connectivity index (χ3n) is 3.71. The van der Waals surface area contributed by atoms with Crippen LogP contribution in [0.4, 0.5) is 0 Å². The molecule has 3 aromatic rings. The van der Waals surface area contributed by atoms with Crippen LogP contribution in [0.5, 0.6) is 0 Å². The van der Waals surface area contributed by atoms with Crippen LogP contribution in [0.15, 0.2) is 29.1 Å². The van der Waals surface area contributed by atoms with Gasteiger partial charge in [-0.15, -0.1) is 0 Å². The number of carboxylic acid groups (broad SMARTS) is 1. The first-order valence-corrected chi connectivity index (χ1v) is 7.14. The lowest BCUT2D eigenvalue weighted by molar-refractivity contribution is -0.138. The van der Waals surface area contributed by atoms with Crippen molar-refractivity contribution in [1.29, 1.82) is 0 Å². The fourth-order valence-corrected chi connectivity index (χ4v) is 2.66. The highest BCUT2D eigenvalue weighted by molar-refractivity contribution is 5.83. The molecule has 0 unspecified atom stereocenters. The molecule has 2 aromatic heterocycles. The monoisotopic (exact) mass is 312 g/mol. The zero-order chi connectivity index (χ0) is 16.7. The van der Waals surface area contributed by atoms with Gasteiger partial charge in [-0.05, 0) is 38.5 Å². The van der Waals surface area contributed by atoms with Crippen LogP contribution in [-0.2, 0) is 11.3 Å². The van der Waals surface area contributed by atoms with Crippen LogP contribution in [0.2, 0.25) is 0 Å². The van der Waals surface area contributed by atoms with Crippen molar-refractivity contribution in [3.63, 3.8) is 0 Å². The second-order valence-corrected chi connectivity index (χ2v) is 5.50. The van der Waals surface area contributed by atoms with Gasteiger partial charge in [-0.2, -0.15) is 10.2 Å². The molecule has 7 nitrogen and oxygen atoms in total. The minimum atomic E-state index is -1.11. The van der Waals surface area contributed by atoms with Crippen molar-refractivity contribution in [2.24, 2.45) is 0 Å². The number of carbonyl (C=O) groups is 1. The van der Waals surface area contributed by atoms with Gasteiger partial charge in [0.25, 0.3) is 5.56 Å². The van der Waals surface area contributed by atoms with E-state index in [-0.39, 0.29) is 0 Å². The van der Waals surface area contributed by atoms with E-state index in [9.17, 15) is 9.59 Å². The smallest absolute Gasteiger partial charge is 0.325 e. The Labute approximate surface area is 131 Å². The lowest BCUT2D eigenvalue weighted by atomic mass is 10.2. The number of benzene rings is 1. The summed E-state index contributed by atoms with van der Waals surface area (Å²) >= 11 is 0. The number of aromatic nitrogens is 4. The molecule has 0 saturated heterocycles. The minimum Gasteiger partial charge on any atom is -0.480 e. The van der Waals surface area contributed by atoms with E-state index in [1.165, 1.54) is 0 Å². The second kappa shape index (κ2) is 5.35. The molecule has 0 fully saturated rings. The van der Waals surface area contributed by atoms with E-state index < -0.39 is 18.1 Å². The number of hydrogen-bond acceptors (Lipinski definition) is 4. The molecule has 0 atom stereocenters. The van der Waals surface area contributed by atoms with Crippen molar-refractivity contribution in [3.8, 4) is 5.69 Å². The lowest BCUT2D eigenvalue weighted by Gasteiger charge is -2.04. The largest absolute Gasteiger partial charge is 0.480 e. The van der Waals surface area contributed by atoms with Crippen molar-refractivity contribution in [2.75, 3.05) is 0 Å². The summed E-state index contributed by atoms with van der Waals surface area (Å²) in [4.78, 5) is 23.4. The van der Waals surface area contributed by atoms with Gasteiger partial charge in [-0.1, -0.05) is 12.1 Å². The summed E-state index contributed by atoms with van der Waals surface area (Å²) in [5.74, 6) is -1.11. The van der Waals surface area contributed by atoms with E-state index in [4.69, 9.17) is 5.11 Å². The molecule has 1 N–H and O–H groups in total. The molecule has 0 radical (unpaired) electrons. The van der Waals surface area contributed by atoms with Crippen LogP contribution in [0.3, 0.4) is 0 Å². The van der Waals surface area contributed by atoms with Gasteiger partial charge in [0, 0.05) is 0 Å². The van der Waals surface area contributed by atoms with Crippen molar-refractivity contribution in [2.45, 2.75) is 27.3 Å². The highest BCUT2D eigenvalue weighted by Crippen LogP contribution is 2.20. The number of aryl methyl sites for hydroxylation is 3. The van der Waals surface area contributed by atoms with Crippen molar-refractivity contribution in [3.05, 3.63) is 51.6 Å². The molecule has 0 saturated carbocycles. The van der Waals surface area contributed by atoms with Gasteiger partial charge in [-0.25, -0.2) is 9.36 Å². The molecule has 2 heterocycles. The van der Waals surface area contributed by atoms with E-state index >= 15 is 0 Å². The average molecular weight is 312 g/mol. The van der Waals surface area contributed by atoms with Gasteiger partial charge in [0.1, 0.15) is 12.1 Å². The van der Waals surface area contributed by atoms with Gasteiger partial charge in [0.2, 0.25) is 0 Å². The van der Waals surface area contributed by atoms with E-state index in [0.29, 0.717) is 22.3 Å². The molecular weight excluding hydrogens is 296 g/mol. The van der Waals surface area contributed by atoms with E-state index in [0.717, 1.165) is 15.9 Å². The number of fused-ring (bicyclic) bond motifs is 1. The van der Waals surface area contributed by atoms with Gasteiger partial charge in [0.05, 0.1) is 22.5 Å². The number of rotatable bonds is 3. The van der Waals surface area contributed by atoms with Crippen molar-refractivity contribution >= 4 is 16.9 Å². The maximum atomic E-state index is 12.5. The highest BCUT2D eigenvalue weighted by Gasteiger charge is 2.18. The molecule has 7 heteroatoms. The Kier molecular flexibility index (Phi) is 3.48. The quantitative estimate of drug-likeness (QED) is 0.793. The van der Waals surface area contributed by atoms with Crippen LogP contribution < -0.4 is 5.56 Å². The van der Waals surface area contributed by atoms with Gasteiger partial charge in [-0.3, -0.25) is 9.59 Å². The average Bonchev–Trinajstić information content (AvgIpc) is 2.82. The third-order valence-corrected chi connectivity index (χ3v) is 3.71. The number of nitrogens with zero attached hydrogens (tertiary/aromatic N) is 4. The van der Waals surface area contributed by atoms with Crippen LogP contribution in [0, 0.1) is 20.8 Å². The van der Waals surface area contributed by atoms with Gasteiger partial charge in [0.15, 0.2) is 0 Å². The first kappa shape index (κ1) is 15.0. The van der Waals surface area contributed by atoms with Crippen LogP contribution in [0.1, 0.15) is 17.0 Å². The Morgan fingerprint density at radius 1 is 1.22 bits per heavy atom. The molecule has 0 aliphatic carbocycles. The molecule has 23 heavy (non-hydrogen) atoms. The van der Waals surface area contributed by atoms with Crippen LogP contribution >= 0.6 is 0 Å². The summed E-state index contributed by atoms with van der Waals surface area (Å²) in [5, 5.41) is 17.9. The Balaban J connectivity index is 2.31. The Hall–Kier alpha value is -2.96. The fourth-order valence-electron chi connectivity index (χ4n) is 2.66. The molecule has 1 aromatic carbocycles. The standard InChI is InChI=1S/C16H16N4O3/c1-9-5-4-6-12(7-9)20-11(3)14-15(18-20)10(2)17-19(16(14)23)8-13(21)22/h4-7H,8H2,1-3H3,(H,21,22). The number of hydrogen-bond donors (Lipinski definition) is 1. The molecule has 0 spiro atoms. The van der Waals surface area contributed by atoms with Crippen LogP contribution in [0.25, 0.3) is 16.6 Å². The molecule has 118 valence electrons. The Morgan fingerprint density at radius 2 is 1.96 bits per heavy atom. The van der Waals surface area contributed by atoms with E-state index in [2.05, 4.69) is 10.2 Å². The first-order chi connectivity index (χ1) is 10.9. The van der Waals surface area contributed by atoms with Crippen LogP contribution in [-0.4, -0.2) is 30.6 Å². The van der Waals surface area contributed by atoms with Gasteiger partial charge >= 0.3 is 5.97 Å². The molecular formula is C16H16N4O3. The summed E-state index contributed by atoms with van der Waals surface area (Å²) in [5.41, 5.74) is 3.18. The number of aliphatic carboxylic acids is 1. The fraction of sp³-hybridized carbons (Fsp3) is 0.250. The predicted molar refractivity (Wildman–Crippen MR) is 85.0 cm³/mol. The topological polar surface area (TPSA) is 90.0 Å². The highest BCUT2D eigenvalue weighted by atomic mass is 16.4. The first-order valence-electron chi connectivity index (χ1n) is 7.14. The maximum absolute atomic E-state index is 12.5. The predicted octanol–water partition coefficient (Wildman–Crippen LogP) is 1.59. The second-order valence-electron chi connectivity index (χ2n) is 5.50. The van der Waals surface area contributed by atoms with E-state index in [1.807, 2.05) is 31.2 Å². The maximum Gasteiger partial charge on any atom is 0.325 e. The summed E-state index contributed by atoms with van der Waals surface area (Å²) in [6.45, 7) is 5.02. The van der Waals surface area contributed by atoms with Gasteiger partial charge < -0.3 is 5.11 Å². The molecule has 0 aliphatic heterocycles. The molecule has 3 rings (SSSR count). The SMILES string of the molecule is Cc1cccc(-n2nc3c(C)nn(CC(=O)O)c(=O)c3c2C)c1.